The Morgan fingerprint density at radius 2 is 0.603 bits per heavy atom. The van der Waals surface area contributed by atoms with Gasteiger partial charge in [0.15, 0.2) is 6.10 Å². The Bertz CT molecular complexity index is 1500. The maximum absolute atomic E-state index is 12.7. The van der Waals surface area contributed by atoms with Crippen LogP contribution in [0.1, 0.15) is 220 Å². The highest BCUT2D eigenvalue weighted by molar-refractivity contribution is 5.71. The predicted molar refractivity (Wildman–Crippen MR) is 292 cm³/mol. The van der Waals surface area contributed by atoms with Gasteiger partial charge in [0, 0.05) is 19.3 Å². The van der Waals surface area contributed by atoms with Crippen molar-refractivity contribution in [2.24, 2.45) is 0 Å². The van der Waals surface area contributed by atoms with Crippen molar-refractivity contribution in [3.63, 3.8) is 0 Å². The fourth-order valence-electron chi connectivity index (χ4n) is 6.91. The lowest BCUT2D eigenvalue weighted by molar-refractivity contribution is -0.166. The Hall–Kier alpha value is -4.45. The molecule has 0 N–H and O–H groups in total. The Kier molecular flexibility index (Phi) is 51.5. The van der Waals surface area contributed by atoms with E-state index in [9.17, 15) is 14.4 Å². The van der Waals surface area contributed by atoms with E-state index < -0.39 is 12.1 Å². The monoisotopic (exact) mass is 939 g/mol. The molecule has 6 nitrogen and oxygen atoms in total. The first-order valence-electron chi connectivity index (χ1n) is 27.2. The summed E-state index contributed by atoms with van der Waals surface area (Å²) in [6.07, 6.45) is 77.6. The number of allylic oxidation sites excluding steroid dienone is 22. The van der Waals surface area contributed by atoms with Gasteiger partial charge in [0.25, 0.3) is 0 Å². The fraction of sp³-hybridized carbons (Fsp3) is 0.597. The summed E-state index contributed by atoms with van der Waals surface area (Å²) in [4.78, 5) is 37.8. The second-order valence-corrected chi connectivity index (χ2v) is 17.4. The predicted octanol–water partition coefficient (Wildman–Crippen LogP) is 18.3. The van der Waals surface area contributed by atoms with Crippen LogP contribution in [0.25, 0.3) is 0 Å². The van der Waals surface area contributed by atoms with Crippen molar-refractivity contribution in [2.45, 2.75) is 226 Å². The minimum Gasteiger partial charge on any atom is -0.462 e. The summed E-state index contributed by atoms with van der Waals surface area (Å²) in [6.45, 7) is 6.28. The number of esters is 3. The minimum absolute atomic E-state index is 0.113. The van der Waals surface area contributed by atoms with E-state index in [0.717, 1.165) is 116 Å². The molecule has 0 heterocycles. The number of ether oxygens (including phenoxy) is 3. The second-order valence-electron chi connectivity index (χ2n) is 17.4. The average molecular weight is 939 g/mol. The molecule has 68 heavy (non-hydrogen) atoms. The number of hydrogen-bond donors (Lipinski definition) is 0. The number of rotatable bonds is 47. The zero-order valence-electron chi connectivity index (χ0n) is 43.6. The molecule has 1 unspecified atom stereocenters. The number of carbonyl (C=O) groups excluding carboxylic acids is 3. The van der Waals surface area contributed by atoms with Crippen molar-refractivity contribution in [1.29, 1.82) is 0 Å². The van der Waals surface area contributed by atoms with Gasteiger partial charge in [0.2, 0.25) is 0 Å². The van der Waals surface area contributed by atoms with Crippen LogP contribution < -0.4 is 0 Å². The molecular formula is C62H98O6. The highest BCUT2D eigenvalue weighted by Gasteiger charge is 2.19. The first kappa shape index (κ1) is 63.5. The normalized spacial score (nSPS) is 13.2. The summed E-state index contributed by atoms with van der Waals surface area (Å²) in [6, 6.07) is 0. The third kappa shape index (κ3) is 52.5. The van der Waals surface area contributed by atoms with Crippen molar-refractivity contribution in [3.8, 4) is 0 Å². The fourth-order valence-corrected chi connectivity index (χ4v) is 6.91. The van der Waals surface area contributed by atoms with Gasteiger partial charge in [-0.2, -0.15) is 0 Å². The molecular weight excluding hydrogens is 841 g/mol. The zero-order chi connectivity index (χ0) is 49.3. The highest BCUT2D eigenvalue weighted by atomic mass is 16.6. The number of carbonyl (C=O) groups is 3. The van der Waals surface area contributed by atoms with Gasteiger partial charge in [-0.3, -0.25) is 14.4 Å². The Morgan fingerprint density at radius 3 is 0.956 bits per heavy atom. The topological polar surface area (TPSA) is 78.9 Å². The van der Waals surface area contributed by atoms with E-state index >= 15 is 0 Å². The lowest BCUT2D eigenvalue weighted by Gasteiger charge is -2.18. The summed E-state index contributed by atoms with van der Waals surface area (Å²) >= 11 is 0. The largest absolute Gasteiger partial charge is 0.462 e. The maximum atomic E-state index is 12.7. The van der Waals surface area contributed by atoms with E-state index in [-0.39, 0.29) is 31.6 Å². The van der Waals surface area contributed by atoms with Crippen molar-refractivity contribution in [2.75, 3.05) is 13.2 Å². The summed E-state index contributed by atoms with van der Waals surface area (Å²) in [5.74, 6) is -1.02. The zero-order valence-corrected chi connectivity index (χ0v) is 43.6. The molecule has 0 aliphatic rings. The maximum Gasteiger partial charge on any atom is 0.306 e. The molecule has 382 valence electrons. The van der Waals surface area contributed by atoms with Crippen LogP contribution in [0.5, 0.6) is 0 Å². The quantitative estimate of drug-likeness (QED) is 0.0262. The number of hydrogen-bond acceptors (Lipinski definition) is 6. The van der Waals surface area contributed by atoms with Crippen LogP contribution in [0.15, 0.2) is 134 Å². The molecule has 0 saturated carbocycles. The summed E-state index contributed by atoms with van der Waals surface area (Å²) in [5.41, 5.74) is 0. The molecule has 0 aromatic rings. The summed E-state index contributed by atoms with van der Waals surface area (Å²) < 4.78 is 16.7. The van der Waals surface area contributed by atoms with E-state index in [0.29, 0.717) is 19.3 Å². The van der Waals surface area contributed by atoms with Crippen LogP contribution in [0.4, 0.5) is 0 Å². The molecule has 0 bridgehead atoms. The van der Waals surface area contributed by atoms with E-state index in [4.69, 9.17) is 14.2 Å². The SMILES string of the molecule is CC/C=C\C/C=C\C/C=C\C/C=C\C/C=C\C/C=C\C/C=C\CCCCCCCCCC(=O)OCC(COC(=O)CCCCCCCCCC)OC(=O)CC/C=C\C/C=C\C/C=C\C/C=C\CC. The second kappa shape index (κ2) is 55.1. The van der Waals surface area contributed by atoms with E-state index in [1.807, 2.05) is 12.2 Å². The van der Waals surface area contributed by atoms with Gasteiger partial charge in [-0.25, -0.2) is 0 Å². The van der Waals surface area contributed by atoms with Gasteiger partial charge in [0.1, 0.15) is 13.2 Å². The molecule has 0 amide bonds. The number of unbranched alkanes of at least 4 members (excludes halogenated alkanes) is 14. The van der Waals surface area contributed by atoms with Crippen LogP contribution in [-0.2, 0) is 28.6 Å². The van der Waals surface area contributed by atoms with Crippen LogP contribution in [0.3, 0.4) is 0 Å². The van der Waals surface area contributed by atoms with Gasteiger partial charge in [-0.15, -0.1) is 0 Å². The molecule has 0 aliphatic carbocycles. The first-order valence-corrected chi connectivity index (χ1v) is 27.2. The molecule has 0 radical (unpaired) electrons. The molecule has 0 spiro atoms. The third-order valence-corrected chi connectivity index (χ3v) is 10.9. The molecule has 0 fully saturated rings. The molecule has 6 heteroatoms. The molecule has 0 rings (SSSR count). The van der Waals surface area contributed by atoms with Crippen molar-refractivity contribution in [3.05, 3.63) is 134 Å². The molecule has 1 atom stereocenters. The van der Waals surface area contributed by atoms with Crippen molar-refractivity contribution >= 4 is 17.9 Å². The van der Waals surface area contributed by atoms with Crippen LogP contribution in [0.2, 0.25) is 0 Å². The first-order chi connectivity index (χ1) is 33.5. The standard InChI is InChI=1S/C62H98O6/c1-4-7-10-13-16-19-21-23-24-25-26-27-28-29-30-31-32-33-34-35-36-37-38-40-41-43-46-49-52-55-61(64)67-58-59(57-66-60(63)54-51-48-45-18-15-12-9-6-3)68-62(65)56-53-50-47-44-42-39-22-20-17-14-11-8-5-2/h7-8,10-11,16-17,19-20,23-24,26-27,29-30,32-33,35-36,39,42,47,50,59H,4-6,9,12-15,18,21-22,25,28,31,34,37-38,40-41,43-46,48-49,51-58H2,1-3H3/b10-7-,11-8-,19-16-,20-17-,24-23-,27-26-,30-29-,33-32-,36-35-,42-39-,50-47-. The van der Waals surface area contributed by atoms with Crippen LogP contribution >= 0.6 is 0 Å². The van der Waals surface area contributed by atoms with Gasteiger partial charge in [-0.1, -0.05) is 231 Å². The van der Waals surface area contributed by atoms with Crippen molar-refractivity contribution in [1.82, 2.24) is 0 Å². The van der Waals surface area contributed by atoms with Crippen LogP contribution in [-0.4, -0.2) is 37.2 Å². The van der Waals surface area contributed by atoms with Crippen LogP contribution in [0, 0.1) is 0 Å². The lowest BCUT2D eigenvalue weighted by atomic mass is 10.1. The third-order valence-electron chi connectivity index (χ3n) is 10.9. The molecule has 0 saturated heterocycles. The van der Waals surface area contributed by atoms with E-state index in [1.165, 1.54) is 57.8 Å². The molecule has 0 aliphatic heterocycles. The summed E-state index contributed by atoms with van der Waals surface area (Å²) in [5, 5.41) is 0. The van der Waals surface area contributed by atoms with Gasteiger partial charge in [0.05, 0.1) is 0 Å². The van der Waals surface area contributed by atoms with Crippen molar-refractivity contribution < 1.29 is 28.6 Å². The Labute approximate surface area is 417 Å². The van der Waals surface area contributed by atoms with E-state index in [2.05, 4.69) is 142 Å². The smallest absolute Gasteiger partial charge is 0.306 e. The minimum atomic E-state index is -0.821. The molecule has 0 aromatic carbocycles. The Balaban J connectivity index is 4.28. The van der Waals surface area contributed by atoms with Gasteiger partial charge < -0.3 is 14.2 Å². The molecule has 0 aromatic heterocycles. The summed E-state index contributed by atoms with van der Waals surface area (Å²) in [7, 11) is 0. The lowest BCUT2D eigenvalue weighted by Crippen LogP contribution is -2.30. The van der Waals surface area contributed by atoms with E-state index in [1.54, 1.807) is 0 Å². The average Bonchev–Trinajstić information content (AvgIpc) is 3.34. The highest BCUT2D eigenvalue weighted by Crippen LogP contribution is 2.13. The van der Waals surface area contributed by atoms with Gasteiger partial charge >= 0.3 is 17.9 Å². The Morgan fingerprint density at radius 1 is 0.309 bits per heavy atom. The van der Waals surface area contributed by atoms with Gasteiger partial charge in [-0.05, 0) is 103 Å².